The molecule has 0 N–H and O–H groups in total. The van der Waals surface area contributed by atoms with Gasteiger partial charge in [-0.1, -0.05) is 0 Å². The van der Waals surface area contributed by atoms with E-state index >= 15 is 0 Å². The number of pyridine rings is 1. The topological polar surface area (TPSA) is 51.7 Å². The number of ether oxygens (including phenoxy) is 2. The Morgan fingerprint density at radius 1 is 1.57 bits per heavy atom. The fourth-order valence-electron chi connectivity index (χ4n) is 3.78. The van der Waals surface area contributed by atoms with Crippen molar-refractivity contribution in [1.29, 1.82) is 0 Å². The van der Waals surface area contributed by atoms with Crippen LogP contribution < -0.4 is 0 Å². The molecule has 0 unspecified atom stereocenters. The molecule has 0 bridgehead atoms. The minimum absolute atomic E-state index is 0.0311. The number of fused-ring (bicyclic) bond motifs is 1. The third-order valence-electron chi connectivity index (χ3n) is 4.89. The summed E-state index contributed by atoms with van der Waals surface area (Å²) in [5.41, 5.74) is 0.496. The zero-order valence-corrected chi connectivity index (χ0v) is 13.5. The third-order valence-corrected chi connectivity index (χ3v) is 4.89. The standard InChI is InChI=1S/C17H23FN2O3/c1-22-12-17-6-2-8-23-15(17)5-7-20(11-17)16(21)9-14-4-3-13(18)10-19-14/h3-4,10,15H,2,5-9,11-12H2,1H3/t15-,17+/m1/s1. The van der Waals surface area contributed by atoms with Crippen LogP contribution in [0.25, 0.3) is 0 Å². The van der Waals surface area contributed by atoms with Gasteiger partial charge in [-0.15, -0.1) is 0 Å². The number of amides is 1. The van der Waals surface area contributed by atoms with Gasteiger partial charge in [-0.05, 0) is 31.4 Å². The number of carbonyl (C=O) groups is 1. The van der Waals surface area contributed by atoms with Crippen molar-refractivity contribution in [3.63, 3.8) is 0 Å². The molecule has 23 heavy (non-hydrogen) atoms. The van der Waals surface area contributed by atoms with Crippen molar-refractivity contribution in [2.24, 2.45) is 5.41 Å². The van der Waals surface area contributed by atoms with E-state index in [0.29, 0.717) is 25.4 Å². The largest absolute Gasteiger partial charge is 0.384 e. The Bertz CT molecular complexity index is 547. The molecule has 2 atom stereocenters. The fourth-order valence-corrected chi connectivity index (χ4v) is 3.78. The number of methoxy groups -OCH3 is 1. The van der Waals surface area contributed by atoms with E-state index in [9.17, 15) is 9.18 Å². The molecule has 0 radical (unpaired) electrons. The van der Waals surface area contributed by atoms with Crippen LogP contribution in [0, 0.1) is 11.2 Å². The summed E-state index contributed by atoms with van der Waals surface area (Å²) in [5, 5.41) is 0. The Morgan fingerprint density at radius 3 is 3.17 bits per heavy atom. The van der Waals surface area contributed by atoms with Crippen LogP contribution >= 0.6 is 0 Å². The van der Waals surface area contributed by atoms with Crippen LogP contribution in [0.1, 0.15) is 25.0 Å². The molecular weight excluding hydrogens is 299 g/mol. The number of hydrogen-bond donors (Lipinski definition) is 0. The predicted octanol–water partition coefficient (Wildman–Crippen LogP) is 1.81. The van der Waals surface area contributed by atoms with E-state index in [-0.39, 0.29) is 29.7 Å². The van der Waals surface area contributed by atoms with Gasteiger partial charge >= 0.3 is 0 Å². The van der Waals surface area contributed by atoms with Crippen molar-refractivity contribution in [1.82, 2.24) is 9.88 Å². The van der Waals surface area contributed by atoms with Crippen molar-refractivity contribution in [3.05, 3.63) is 29.8 Å². The summed E-state index contributed by atoms with van der Waals surface area (Å²) in [7, 11) is 1.70. The fraction of sp³-hybridized carbons (Fsp3) is 0.647. The molecule has 1 amide bonds. The monoisotopic (exact) mass is 322 g/mol. The lowest BCUT2D eigenvalue weighted by Crippen LogP contribution is -2.58. The van der Waals surface area contributed by atoms with E-state index < -0.39 is 0 Å². The highest BCUT2D eigenvalue weighted by molar-refractivity contribution is 5.78. The molecule has 0 aliphatic carbocycles. The van der Waals surface area contributed by atoms with Gasteiger partial charge in [0.2, 0.25) is 5.91 Å². The molecular formula is C17H23FN2O3. The Hall–Kier alpha value is -1.53. The second kappa shape index (κ2) is 6.93. The summed E-state index contributed by atoms with van der Waals surface area (Å²) in [4.78, 5) is 18.4. The van der Waals surface area contributed by atoms with Crippen molar-refractivity contribution in [2.45, 2.75) is 31.8 Å². The minimum Gasteiger partial charge on any atom is -0.384 e. The first-order valence-corrected chi connectivity index (χ1v) is 8.12. The Balaban J connectivity index is 1.68. The highest BCUT2D eigenvalue weighted by Gasteiger charge is 2.46. The first kappa shape index (κ1) is 16.3. The average Bonchev–Trinajstić information content (AvgIpc) is 2.56. The van der Waals surface area contributed by atoms with Crippen molar-refractivity contribution < 1.29 is 18.7 Å². The molecule has 6 heteroatoms. The SMILES string of the molecule is COC[C@@]12CCCO[C@@H]1CCN(C(=O)Cc1ccc(F)cn1)C2. The summed E-state index contributed by atoms with van der Waals surface area (Å²) in [5.74, 6) is -0.357. The second-order valence-corrected chi connectivity index (χ2v) is 6.51. The van der Waals surface area contributed by atoms with Crippen LogP contribution in [0.4, 0.5) is 4.39 Å². The van der Waals surface area contributed by atoms with E-state index in [0.717, 1.165) is 32.1 Å². The molecule has 126 valence electrons. The molecule has 1 aromatic rings. The maximum atomic E-state index is 12.9. The van der Waals surface area contributed by atoms with Gasteiger partial charge in [-0.3, -0.25) is 9.78 Å². The Morgan fingerprint density at radius 2 is 2.43 bits per heavy atom. The van der Waals surface area contributed by atoms with Crippen LogP contribution in [0.5, 0.6) is 0 Å². The van der Waals surface area contributed by atoms with Crippen LogP contribution in [0.3, 0.4) is 0 Å². The molecule has 2 fully saturated rings. The molecule has 5 nitrogen and oxygen atoms in total. The number of rotatable bonds is 4. The van der Waals surface area contributed by atoms with E-state index in [2.05, 4.69) is 4.98 Å². The average molecular weight is 322 g/mol. The second-order valence-electron chi connectivity index (χ2n) is 6.51. The number of piperidine rings is 1. The number of hydrogen-bond acceptors (Lipinski definition) is 4. The van der Waals surface area contributed by atoms with Crippen molar-refractivity contribution in [2.75, 3.05) is 33.4 Å². The summed E-state index contributed by atoms with van der Waals surface area (Å²) < 4.78 is 24.3. The lowest BCUT2D eigenvalue weighted by molar-refractivity contribution is -0.161. The number of aromatic nitrogens is 1. The van der Waals surface area contributed by atoms with Crippen molar-refractivity contribution >= 4 is 5.91 Å². The van der Waals surface area contributed by atoms with Gasteiger partial charge < -0.3 is 14.4 Å². The van der Waals surface area contributed by atoms with E-state index in [1.165, 1.54) is 6.07 Å². The Labute approximate surface area is 135 Å². The third kappa shape index (κ3) is 3.53. The van der Waals surface area contributed by atoms with Gasteiger partial charge in [0.15, 0.2) is 0 Å². The van der Waals surface area contributed by atoms with Crippen LogP contribution in [0.15, 0.2) is 18.3 Å². The minimum atomic E-state index is -0.389. The highest BCUT2D eigenvalue weighted by atomic mass is 19.1. The van der Waals surface area contributed by atoms with Crippen LogP contribution in [0.2, 0.25) is 0 Å². The normalized spacial score (nSPS) is 27.6. The first-order valence-electron chi connectivity index (χ1n) is 8.12. The molecule has 2 aliphatic rings. The molecule has 2 aliphatic heterocycles. The maximum Gasteiger partial charge on any atom is 0.228 e. The smallest absolute Gasteiger partial charge is 0.228 e. The molecule has 3 heterocycles. The lowest BCUT2D eigenvalue weighted by atomic mass is 9.73. The van der Waals surface area contributed by atoms with Gasteiger partial charge in [0.05, 0.1) is 25.3 Å². The zero-order chi connectivity index (χ0) is 16.3. The molecule has 3 rings (SSSR count). The van der Waals surface area contributed by atoms with Gasteiger partial charge in [-0.2, -0.15) is 0 Å². The molecule has 0 saturated carbocycles. The van der Waals surface area contributed by atoms with E-state index in [1.54, 1.807) is 13.2 Å². The molecule has 1 aromatic heterocycles. The zero-order valence-electron chi connectivity index (χ0n) is 13.5. The number of nitrogens with zero attached hydrogens (tertiary/aromatic N) is 2. The van der Waals surface area contributed by atoms with Gasteiger partial charge in [0.25, 0.3) is 0 Å². The number of halogens is 1. The molecule has 0 spiro atoms. The summed E-state index contributed by atoms with van der Waals surface area (Å²) >= 11 is 0. The quantitative estimate of drug-likeness (QED) is 0.848. The summed E-state index contributed by atoms with van der Waals surface area (Å²) in [6.07, 6.45) is 4.38. The number of carbonyl (C=O) groups excluding carboxylic acids is 1. The van der Waals surface area contributed by atoms with Crippen LogP contribution in [-0.2, 0) is 20.7 Å². The highest BCUT2D eigenvalue weighted by Crippen LogP contribution is 2.40. The van der Waals surface area contributed by atoms with Gasteiger partial charge in [-0.25, -0.2) is 4.39 Å². The van der Waals surface area contributed by atoms with Gasteiger partial charge in [0.1, 0.15) is 5.82 Å². The Kier molecular flexibility index (Phi) is 4.92. The van der Waals surface area contributed by atoms with Crippen molar-refractivity contribution in [3.8, 4) is 0 Å². The molecule has 0 aromatic carbocycles. The number of likely N-dealkylation sites (tertiary alicyclic amines) is 1. The lowest BCUT2D eigenvalue weighted by Gasteiger charge is -2.50. The maximum absolute atomic E-state index is 12.9. The predicted molar refractivity (Wildman–Crippen MR) is 82.4 cm³/mol. The van der Waals surface area contributed by atoms with E-state index in [1.807, 2.05) is 4.90 Å². The van der Waals surface area contributed by atoms with Crippen LogP contribution in [-0.4, -0.2) is 55.3 Å². The first-order chi connectivity index (χ1) is 11.1. The summed E-state index contributed by atoms with van der Waals surface area (Å²) in [6.45, 7) is 2.75. The molecule has 2 saturated heterocycles. The van der Waals surface area contributed by atoms with E-state index in [4.69, 9.17) is 9.47 Å². The summed E-state index contributed by atoms with van der Waals surface area (Å²) in [6, 6.07) is 2.90. The van der Waals surface area contributed by atoms with Gasteiger partial charge in [0, 0.05) is 37.9 Å².